The van der Waals surface area contributed by atoms with Gasteiger partial charge in [-0.3, -0.25) is 9.88 Å². The van der Waals surface area contributed by atoms with Crippen LogP contribution >= 0.6 is 0 Å². The van der Waals surface area contributed by atoms with E-state index in [1.807, 2.05) is 6.92 Å². The molecule has 2 aliphatic rings. The highest BCUT2D eigenvalue weighted by Gasteiger charge is 2.31. The summed E-state index contributed by atoms with van der Waals surface area (Å²) in [7, 11) is 2.29. The molecule has 0 aliphatic carbocycles. The quantitative estimate of drug-likeness (QED) is 0.778. The zero-order chi connectivity index (χ0) is 14.4. The van der Waals surface area contributed by atoms with E-state index in [9.17, 15) is 0 Å². The molecule has 2 bridgehead atoms. The van der Waals surface area contributed by atoms with Gasteiger partial charge in [-0.15, -0.1) is 0 Å². The fraction of sp³-hybridized carbons (Fsp3) is 0.421. The third-order valence-corrected chi connectivity index (χ3v) is 5.18. The lowest BCUT2D eigenvalue weighted by atomic mass is 9.83. The Morgan fingerprint density at radius 2 is 2.05 bits per heavy atom. The maximum Gasteiger partial charge on any atom is 0.0705 e. The van der Waals surface area contributed by atoms with Crippen molar-refractivity contribution in [3.63, 3.8) is 0 Å². The Morgan fingerprint density at radius 1 is 1.14 bits per heavy atom. The summed E-state index contributed by atoms with van der Waals surface area (Å²) >= 11 is 0. The zero-order valence-corrected chi connectivity index (χ0v) is 12.8. The molecule has 4 rings (SSSR count). The first kappa shape index (κ1) is 13.0. The number of benzene rings is 1. The molecular weight excluding hydrogens is 256 g/mol. The summed E-state index contributed by atoms with van der Waals surface area (Å²) in [5.41, 5.74) is 5.11. The van der Waals surface area contributed by atoms with Crippen LogP contribution < -0.4 is 0 Å². The molecule has 3 heterocycles. The molecule has 1 aromatic carbocycles. The molecule has 2 heteroatoms. The summed E-state index contributed by atoms with van der Waals surface area (Å²) < 4.78 is 0. The third-order valence-electron chi connectivity index (χ3n) is 5.18. The molecule has 1 saturated heterocycles. The van der Waals surface area contributed by atoms with Gasteiger partial charge in [0.1, 0.15) is 0 Å². The molecule has 2 unspecified atom stereocenters. The van der Waals surface area contributed by atoms with Gasteiger partial charge in [0.15, 0.2) is 0 Å². The van der Waals surface area contributed by atoms with Crippen LogP contribution in [0.3, 0.4) is 0 Å². The average Bonchev–Trinajstić information content (AvgIpc) is 2.46. The molecular formula is C19H22N2. The van der Waals surface area contributed by atoms with Crippen LogP contribution in [0.4, 0.5) is 0 Å². The van der Waals surface area contributed by atoms with Crippen LogP contribution in [0.5, 0.6) is 0 Å². The van der Waals surface area contributed by atoms with Crippen molar-refractivity contribution in [3.8, 4) is 0 Å². The Bertz CT molecular complexity index is 717. The van der Waals surface area contributed by atoms with Gasteiger partial charge in [0.25, 0.3) is 0 Å². The highest BCUT2D eigenvalue weighted by Crippen LogP contribution is 2.36. The molecule has 0 amide bonds. The Labute approximate surface area is 126 Å². The first-order valence-electron chi connectivity index (χ1n) is 8.01. The predicted molar refractivity (Wildman–Crippen MR) is 88.3 cm³/mol. The summed E-state index contributed by atoms with van der Waals surface area (Å²) in [5, 5.41) is 1.25. The Morgan fingerprint density at radius 3 is 2.90 bits per heavy atom. The van der Waals surface area contributed by atoms with E-state index in [2.05, 4.69) is 53.3 Å². The normalized spacial score (nSPS) is 25.9. The van der Waals surface area contributed by atoms with Gasteiger partial charge in [0, 0.05) is 23.2 Å². The Balaban J connectivity index is 1.75. The minimum absolute atomic E-state index is 0.638. The number of piperidine rings is 1. The van der Waals surface area contributed by atoms with Gasteiger partial charge in [0.2, 0.25) is 0 Å². The van der Waals surface area contributed by atoms with Crippen LogP contribution in [-0.4, -0.2) is 29.0 Å². The SMILES string of the molecule is Cc1ccc2cc(C3=CC4CCCC(C3)N4C)ccc2n1. The summed E-state index contributed by atoms with van der Waals surface area (Å²) in [4.78, 5) is 7.17. The number of rotatable bonds is 1. The second kappa shape index (κ2) is 4.96. The van der Waals surface area contributed by atoms with Crippen LogP contribution in [0, 0.1) is 6.92 Å². The van der Waals surface area contributed by atoms with E-state index in [1.54, 1.807) is 0 Å². The van der Waals surface area contributed by atoms with Gasteiger partial charge in [0.05, 0.1) is 5.52 Å². The molecule has 1 aromatic heterocycles. The van der Waals surface area contributed by atoms with E-state index < -0.39 is 0 Å². The second-order valence-electron chi connectivity index (χ2n) is 6.57. The molecule has 0 N–H and O–H groups in total. The fourth-order valence-corrected chi connectivity index (χ4v) is 3.88. The highest BCUT2D eigenvalue weighted by molar-refractivity contribution is 5.84. The van der Waals surface area contributed by atoms with Crippen molar-refractivity contribution in [1.82, 2.24) is 9.88 Å². The van der Waals surface area contributed by atoms with Crippen molar-refractivity contribution in [3.05, 3.63) is 47.7 Å². The number of hydrogen-bond acceptors (Lipinski definition) is 2. The molecule has 2 atom stereocenters. The topological polar surface area (TPSA) is 16.1 Å². The van der Waals surface area contributed by atoms with Gasteiger partial charge < -0.3 is 0 Å². The monoisotopic (exact) mass is 278 g/mol. The molecule has 108 valence electrons. The van der Waals surface area contributed by atoms with Crippen LogP contribution in [-0.2, 0) is 0 Å². The fourth-order valence-electron chi connectivity index (χ4n) is 3.88. The van der Waals surface area contributed by atoms with Crippen LogP contribution in [0.1, 0.15) is 36.9 Å². The lowest BCUT2D eigenvalue weighted by Gasteiger charge is -2.42. The average molecular weight is 278 g/mol. The van der Waals surface area contributed by atoms with Crippen LogP contribution in [0.15, 0.2) is 36.4 Å². The molecule has 1 fully saturated rings. The molecule has 2 nitrogen and oxygen atoms in total. The molecule has 2 aromatic rings. The van der Waals surface area contributed by atoms with Crippen molar-refractivity contribution in [2.75, 3.05) is 7.05 Å². The molecule has 21 heavy (non-hydrogen) atoms. The molecule has 2 aliphatic heterocycles. The molecule has 0 saturated carbocycles. The standard InChI is InChI=1S/C19H22N2/c1-13-6-7-15-10-14(8-9-19(15)20-13)16-11-17-4-3-5-18(12-16)21(17)2/h6-11,17-18H,3-5,12H2,1-2H3. The van der Waals surface area contributed by atoms with Gasteiger partial charge in [-0.25, -0.2) is 0 Å². The van der Waals surface area contributed by atoms with E-state index in [0.717, 1.165) is 17.3 Å². The lowest BCUT2D eigenvalue weighted by molar-refractivity contribution is 0.137. The summed E-state index contributed by atoms with van der Waals surface area (Å²) in [5.74, 6) is 0. The van der Waals surface area contributed by atoms with Crippen LogP contribution in [0.25, 0.3) is 16.5 Å². The molecule has 0 spiro atoms. The number of aryl methyl sites for hydroxylation is 1. The van der Waals surface area contributed by atoms with E-state index in [0.29, 0.717) is 6.04 Å². The number of hydrogen-bond donors (Lipinski definition) is 0. The highest BCUT2D eigenvalue weighted by atomic mass is 15.2. The van der Waals surface area contributed by atoms with Gasteiger partial charge in [-0.2, -0.15) is 0 Å². The largest absolute Gasteiger partial charge is 0.297 e. The van der Waals surface area contributed by atoms with Crippen molar-refractivity contribution in [1.29, 1.82) is 0 Å². The van der Waals surface area contributed by atoms with Crippen molar-refractivity contribution >= 4 is 16.5 Å². The van der Waals surface area contributed by atoms with E-state index in [4.69, 9.17) is 0 Å². The second-order valence-corrected chi connectivity index (χ2v) is 6.57. The zero-order valence-electron chi connectivity index (χ0n) is 12.8. The Hall–Kier alpha value is -1.67. The maximum absolute atomic E-state index is 4.60. The summed E-state index contributed by atoms with van der Waals surface area (Å²) in [6.45, 7) is 2.05. The number of aromatic nitrogens is 1. The number of nitrogens with zero attached hydrogens (tertiary/aromatic N) is 2. The van der Waals surface area contributed by atoms with E-state index >= 15 is 0 Å². The van der Waals surface area contributed by atoms with Gasteiger partial charge >= 0.3 is 0 Å². The minimum atomic E-state index is 0.638. The summed E-state index contributed by atoms with van der Waals surface area (Å²) in [6, 6.07) is 12.4. The van der Waals surface area contributed by atoms with Gasteiger partial charge in [-0.05, 0) is 62.6 Å². The van der Waals surface area contributed by atoms with Crippen molar-refractivity contribution < 1.29 is 0 Å². The van der Waals surface area contributed by atoms with E-state index in [-0.39, 0.29) is 0 Å². The van der Waals surface area contributed by atoms with Gasteiger partial charge in [-0.1, -0.05) is 24.6 Å². The maximum atomic E-state index is 4.60. The molecule has 0 radical (unpaired) electrons. The third kappa shape index (κ3) is 2.28. The number of pyridine rings is 1. The first-order chi connectivity index (χ1) is 10.2. The number of fused-ring (bicyclic) bond motifs is 3. The predicted octanol–water partition coefficient (Wildman–Crippen LogP) is 4.18. The lowest BCUT2D eigenvalue weighted by Crippen LogP contribution is -2.45. The van der Waals surface area contributed by atoms with Crippen molar-refractivity contribution in [2.45, 2.75) is 44.7 Å². The van der Waals surface area contributed by atoms with E-state index in [1.165, 1.54) is 42.2 Å². The minimum Gasteiger partial charge on any atom is -0.297 e. The number of likely N-dealkylation sites (N-methyl/N-ethyl adjacent to an activating group) is 1. The van der Waals surface area contributed by atoms with Crippen LogP contribution in [0.2, 0.25) is 0 Å². The summed E-state index contributed by atoms with van der Waals surface area (Å²) in [6.07, 6.45) is 7.73. The van der Waals surface area contributed by atoms with Crippen molar-refractivity contribution in [2.24, 2.45) is 0 Å². The first-order valence-corrected chi connectivity index (χ1v) is 8.01. The smallest absolute Gasteiger partial charge is 0.0705 e. The Kier molecular flexibility index (Phi) is 3.07.